The van der Waals surface area contributed by atoms with Gasteiger partial charge in [-0.05, 0) is 49.2 Å². The first-order valence-corrected chi connectivity index (χ1v) is 7.82. The lowest BCUT2D eigenvalue weighted by molar-refractivity contribution is 0.101. The van der Waals surface area contributed by atoms with Crippen molar-refractivity contribution in [2.45, 2.75) is 20.6 Å². The first kappa shape index (κ1) is 16.7. The van der Waals surface area contributed by atoms with Gasteiger partial charge >= 0.3 is 0 Å². The molecule has 0 bridgehead atoms. The summed E-state index contributed by atoms with van der Waals surface area (Å²) in [5.74, 6) is -0.203. The van der Waals surface area contributed by atoms with Gasteiger partial charge < -0.3 is 10.1 Å². The van der Waals surface area contributed by atoms with Crippen LogP contribution in [0, 0.1) is 19.7 Å². The average Bonchev–Trinajstić information content (AvgIpc) is 3.06. The van der Waals surface area contributed by atoms with E-state index < -0.39 is 11.7 Å². The van der Waals surface area contributed by atoms with E-state index in [1.54, 1.807) is 24.4 Å². The van der Waals surface area contributed by atoms with Crippen LogP contribution in [0.5, 0.6) is 5.75 Å². The number of aryl methyl sites for hydroxylation is 2. The topological polar surface area (TPSA) is 56.2 Å². The van der Waals surface area contributed by atoms with Crippen LogP contribution >= 0.6 is 0 Å². The average molecular weight is 339 g/mol. The summed E-state index contributed by atoms with van der Waals surface area (Å²) in [5, 5.41) is 6.69. The Balaban J connectivity index is 1.65. The van der Waals surface area contributed by atoms with Crippen molar-refractivity contribution >= 4 is 11.6 Å². The van der Waals surface area contributed by atoms with E-state index in [9.17, 15) is 9.18 Å². The standard InChI is InChI=1S/C19H18FN3O2/c1-13-7-8-15(20)17(11-13)21-19(24)16-9-10-23(22-16)12-25-18-6-4-3-5-14(18)2/h3-11H,12H2,1-2H3,(H,21,24). The number of carbonyl (C=O) groups is 1. The predicted molar refractivity (Wildman–Crippen MR) is 93.1 cm³/mol. The molecular formula is C19H18FN3O2. The van der Waals surface area contributed by atoms with Crippen LogP contribution in [0.3, 0.4) is 0 Å². The van der Waals surface area contributed by atoms with Gasteiger partial charge in [0.25, 0.3) is 5.91 Å². The van der Waals surface area contributed by atoms with Gasteiger partial charge in [0.1, 0.15) is 11.6 Å². The minimum absolute atomic E-state index is 0.135. The summed E-state index contributed by atoms with van der Waals surface area (Å²) in [7, 11) is 0. The Labute approximate surface area is 145 Å². The van der Waals surface area contributed by atoms with Gasteiger partial charge in [-0.3, -0.25) is 4.79 Å². The minimum Gasteiger partial charge on any atom is -0.471 e. The van der Waals surface area contributed by atoms with Crippen molar-refractivity contribution in [2.24, 2.45) is 0 Å². The third kappa shape index (κ3) is 4.03. The number of ether oxygens (including phenoxy) is 1. The van der Waals surface area contributed by atoms with E-state index in [-0.39, 0.29) is 18.1 Å². The summed E-state index contributed by atoms with van der Waals surface area (Å²) in [5.41, 5.74) is 2.20. The number of hydrogen-bond acceptors (Lipinski definition) is 3. The summed E-state index contributed by atoms with van der Waals surface area (Å²) in [6.45, 7) is 3.96. The Morgan fingerprint density at radius 2 is 2.00 bits per heavy atom. The van der Waals surface area contributed by atoms with E-state index >= 15 is 0 Å². The molecule has 6 heteroatoms. The summed E-state index contributed by atoms with van der Waals surface area (Å²) < 4.78 is 20.9. The van der Waals surface area contributed by atoms with Crippen LogP contribution in [0.15, 0.2) is 54.7 Å². The second-order valence-electron chi connectivity index (χ2n) is 5.72. The fourth-order valence-electron chi connectivity index (χ4n) is 2.33. The number of nitrogens with one attached hydrogen (secondary N) is 1. The number of carbonyl (C=O) groups excluding carboxylic acids is 1. The van der Waals surface area contributed by atoms with Gasteiger partial charge in [-0.15, -0.1) is 0 Å². The first-order chi connectivity index (χ1) is 12.0. The van der Waals surface area contributed by atoms with Crippen LogP contribution in [0.25, 0.3) is 0 Å². The van der Waals surface area contributed by atoms with Crippen molar-refractivity contribution in [3.05, 3.63) is 77.4 Å². The van der Waals surface area contributed by atoms with E-state index in [1.165, 1.54) is 10.7 Å². The molecule has 0 saturated heterocycles. The minimum atomic E-state index is -0.485. The normalized spacial score (nSPS) is 10.5. The molecule has 0 unspecified atom stereocenters. The molecule has 5 nitrogen and oxygen atoms in total. The van der Waals surface area contributed by atoms with Gasteiger partial charge in [-0.1, -0.05) is 24.3 Å². The van der Waals surface area contributed by atoms with E-state index in [0.29, 0.717) is 0 Å². The molecule has 25 heavy (non-hydrogen) atoms. The number of para-hydroxylation sites is 1. The molecule has 0 aliphatic rings. The van der Waals surface area contributed by atoms with Gasteiger partial charge in [-0.25, -0.2) is 9.07 Å². The molecule has 0 aliphatic heterocycles. The maximum absolute atomic E-state index is 13.7. The van der Waals surface area contributed by atoms with Crippen molar-refractivity contribution in [1.82, 2.24) is 9.78 Å². The Bertz CT molecular complexity index is 905. The third-order valence-corrected chi connectivity index (χ3v) is 3.69. The number of anilines is 1. The molecule has 3 rings (SSSR count). The first-order valence-electron chi connectivity index (χ1n) is 7.82. The van der Waals surface area contributed by atoms with Crippen LogP contribution in [0.2, 0.25) is 0 Å². The molecule has 1 amide bonds. The van der Waals surface area contributed by atoms with Crippen LogP contribution < -0.4 is 10.1 Å². The molecule has 0 radical (unpaired) electrons. The van der Waals surface area contributed by atoms with Crippen molar-refractivity contribution < 1.29 is 13.9 Å². The molecular weight excluding hydrogens is 321 g/mol. The zero-order valence-electron chi connectivity index (χ0n) is 14.0. The summed E-state index contributed by atoms with van der Waals surface area (Å²) in [6.07, 6.45) is 1.64. The van der Waals surface area contributed by atoms with Crippen molar-refractivity contribution in [3.8, 4) is 5.75 Å². The molecule has 0 saturated carbocycles. The summed E-state index contributed by atoms with van der Waals surface area (Å²) in [6, 6.07) is 13.7. The fraction of sp³-hybridized carbons (Fsp3) is 0.158. The highest BCUT2D eigenvalue weighted by molar-refractivity contribution is 6.02. The number of nitrogens with zero attached hydrogens (tertiary/aromatic N) is 2. The lowest BCUT2D eigenvalue weighted by atomic mass is 10.2. The Kier molecular flexibility index (Phi) is 4.79. The lowest BCUT2D eigenvalue weighted by Gasteiger charge is -2.08. The number of hydrogen-bond donors (Lipinski definition) is 1. The molecule has 3 aromatic rings. The maximum atomic E-state index is 13.7. The number of aromatic nitrogens is 2. The Morgan fingerprint density at radius 3 is 2.80 bits per heavy atom. The molecule has 0 atom stereocenters. The van der Waals surface area contributed by atoms with Crippen LogP contribution in [0.4, 0.5) is 10.1 Å². The van der Waals surface area contributed by atoms with Gasteiger partial charge in [0, 0.05) is 6.20 Å². The molecule has 0 aliphatic carbocycles. The van der Waals surface area contributed by atoms with E-state index in [0.717, 1.165) is 16.9 Å². The second kappa shape index (κ2) is 7.17. The van der Waals surface area contributed by atoms with Gasteiger partial charge in [0.15, 0.2) is 12.4 Å². The zero-order valence-corrected chi connectivity index (χ0v) is 14.0. The monoisotopic (exact) mass is 339 g/mol. The molecule has 0 fully saturated rings. The van der Waals surface area contributed by atoms with Crippen molar-refractivity contribution in [3.63, 3.8) is 0 Å². The zero-order chi connectivity index (χ0) is 17.8. The summed E-state index contributed by atoms with van der Waals surface area (Å²) in [4.78, 5) is 12.2. The molecule has 2 aromatic carbocycles. The van der Waals surface area contributed by atoms with E-state index in [4.69, 9.17) is 4.74 Å². The number of benzene rings is 2. The second-order valence-corrected chi connectivity index (χ2v) is 5.72. The highest BCUT2D eigenvalue weighted by Crippen LogP contribution is 2.18. The fourth-order valence-corrected chi connectivity index (χ4v) is 2.33. The highest BCUT2D eigenvalue weighted by atomic mass is 19.1. The number of halogens is 1. The quantitative estimate of drug-likeness (QED) is 0.766. The number of amides is 1. The predicted octanol–water partition coefficient (Wildman–Crippen LogP) is 3.93. The molecule has 128 valence electrons. The van der Waals surface area contributed by atoms with Gasteiger partial charge in [0.2, 0.25) is 0 Å². The van der Waals surface area contributed by atoms with Crippen molar-refractivity contribution in [1.29, 1.82) is 0 Å². The summed E-state index contributed by atoms with van der Waals surface area (Å²) >= 11 is 0. The van der Waals surface area contributed by atoms with E-state index in [2.05, 4.69) is 10.4 Å². The smallest absolute Gasteiger partial charge is 0.276 e. The molecule has 1 heterocycles. The largest absolute Gasteiger partial charge is 0.471 e. The molecule has 1 N–H and O–H groups in total. The van der Waals surface area contributed by atoms with Gasteiger partial charge in [0.05, 0.1) is 5.69 Å². The van der Waals surface area contributed by atoms with Crippen molar-refractivity contribution in [2.75, 3.05) is 5.32 Å². The SMILES string of the molecule is Cc1ccc(F)c(NC(=O)c2ccn(COc3ccccc3C)n2)c1. The Morgan fingerprint density at radius 1 is 1.20 bits per heavy atom. The van der Waals surface area contributed by atoms with Crippen LogP contribution in [0.1, 0.15) is 21.6 Å². The van der Waals surface area contributed by atoms with E-state index in [1.807, 2.05) is 38.1 Å². The van der Waals surface area contributed by atoms with Crippen LogP contribution in [-0.2, 0) is 6.73 Å². The lowest BCUT2D eigenvalue weighted by Crippen LogP contribution is -2.15. The van der Waals surface area contributed by atoms with Crippen LogP contribution in [-0.4, -0.2) is 15.7 Å². The third-order valence-electron chi connectivity index (χ3n) is 3.69. The Hall–Kier alpha value is -3.15. The number of rotatable bonds is 5. The van der Waals surface area contributed by atoms with Gasteiger partial charge in [-0.2, -0.15) is 5.10 Å². The molecule has 1 aromatic heterocycles. The highest BCUT2D eigenvalue weighted by Gasteiger charge is 2.12. The maximum Gasteiger partial charge on any atom is 0.276 e. The molecule has 0 spiro atoms.